The number of carboxylic acids is 4. The summed E-state index contributed by atoms with van der Waals surface area (Å²) in [6.45, 7) is 2.12. The largest absolute Gasteiger partial charge is 0.508 e. The molecule has 3 aliphatic rings. The molecule has 6 heterocycles. The molecule has 3 saturated heterocycles. The maximum atomic E-state index is 15.9. The lowest BCUT2D eigenvalue weighted by Gasteiger charge is -2.36. The molecular formula is C91H121N21O26S. The molecule has 0 bridgehead atoms. The number of H-pyrrole nitrogens is 2. The van der Waals surface area contributed by atoms with Crippen molar-refractivity contribution in [3.8, 4) is 5.75 Å². The lowest BCUT2D eigenvalue weighted by molar-refractivity contribution is -0.149. The Morgan fingerprint density at radius 2 is 1.09 bits per heavy atom. The van der Waals surface area contributed by atoms with Gasteiger partial charge in [-0.3, -0.25) is 95.9 Å². The molecule has 0 aliphatic carbocycles. The Kier molecular flexibility index (Phi) is 39.7. The first-order chi connectivity index (χ1) is 66.1. The average molecular weight is 1960 g/mol. The molecule has 752 valence electrons. The van der Waals surface area contributed by atoms with Crippen LogP contribution in [0.15, 0.2) is 97.7 Å². The number of carbonyl (C=O) groups excluding carboxylic acids is 16. The summed E-state index contributed by atoms with van der Waals surface area (Å²) in [6.07, 6.45) is -1.44. The number of amides is 16. The topological polar surface area (TPSA) is 701 Å². The number of primary amides is 1. The molecule has 15 atom stereocenters. The Hall–Kier alpha value is -14.6. The molecule has 16 amide bonds. The molecular weight excluding hydrogens is 1840 g/mol. The number of imidazole rings is 1. The third kappa shape index (κ3) is 30.0. The number of fused-ring (bicyclic) bond motifs is 4. The molecule has 47 nitrogen and oxygen atoms in total. The second-order valence-electron chi connectivity index (χ2n) is 34.6. The highest BCUT2D eigenvalue weighted by Gasteiger charge is 2.47. The van der Waals surface area contributed by atoms with Crippen LogP contribution in [0, 0.1) is 0 Å². The van der Waals surface area contributed by atoms with Crippen molar-refractivity contribution in [1.29, 1.82) is 0 Å². The number of aliphatic carboxylic acids is 4. The van der Waals surface area contributed by atoms with Crippen molar-refractivity contribution in [2.75, 3.05) is 58.8 Å². The van der Waals surface area contributed by atoms with E-state index in [-0.39, 0.29) is 82.3 Å². The number of hydrogen-bond donors (Lipinski definition) is 20. The molecule has 3 aliphatic heterocycles. The first kappa shape index (κ1) is 108. The maximum Gasteiger partial charge on any atom is 0.323 e. The van der Waals surface area contributed by atoms with Crippen molar-refractivity contribution in [2.45, 2.75) is 234 Å². The number of nitrogens with one attached hydrogen (secondary N) is 12. The van der Waals surface area contributed by atoms with Gasteiger partial charge in [-0.2, -0.15) is 0 Å². The van der Waals surface area contributed by atoms with E-state index >= 15 is 38.4 Å². The summed E-state index contributed by atoms with van der Waals surface area (Å²) in [6, 6.07) is -5.54. The first-order valence-corrected chi connectivity index (χ1v) is 46.6. The van der Waals surface area contributed by atoms with E-state index in [0.29, 0.717) is 63.1 Å². The normalized spacial score (nSPS) is 24.3. The molecule has 0 saturated carbocycles. The zero-order valence-electron chi connectivity index (χ0n) is 77.6. The molecule has 6 aromatic rings. The number of unbranched alkanes of at least 4 members (excludes halogenated alkanes) is 2. The van der Waals surface area contributed by atoms with Crippen LogP contribution in [-0.2, 0) is 128 Å². The van der Waals surface area contributed by atoms with Crippen LogP contribution in [0.2, 0.25) is 0 Å². The lowest BCUT2D eigenvalue weighted by Crippen LogP contribution is -2.61. The Labute approximate surface area is 801 Å². The van der Waals surface area contributed by atoms with Crippen LogP contribution in [0.5, 0.6) is 5.75 Å². The number of para-hydroxylation sites is 2. The van der Waals surface area contributed by atoms with E-state index in [9.17, 15) is 88.2 Å². The van der Waals surface area contributed by atoms with Crippen LogP contribution in [-0.4, -0.2) is 343 Å². The highest BCUT2D eigenvalue weighted by molar-refractivity contribution is 8.00. The Bertz CT molecular complexity index is 5480. The molecule has 3 aromatic carbocycles. The second-order valence-corrected chi connectivity index (χ2v) is 35.6. The molecule has 9 rings (SSSR count). The molecule has 0 radical (unpaired) electrons. The molecule has 3 aromatic heterocycles. The number of thioether (sulfide) groups is 1. The van der Waals surface area contributed by atoms with E-state index in [4.69, 9.17) is 11.5 Å². The van der Waals surface area contributed by atoms with Crippen LogP contribution >= 0.6 is 11.8 Å². The summed E-state index contributed by atoms with van der Waals surface area (Å²) in [5.41, 5.74) is 13.8. The molecule has 0 spiro atoms. The van der Waals surface area contributed by atoms with Gasteiger partial charge in [-0.05, 0) is 92.9 Å². The summed E-state index contributed by atoms with van der Waals surface area (Å²) >= 11 is 0.644. The molecule has 22 N–H and O–H groups in total. The lowest BCUT2D eigenvalue weighted by atomic mass is 9.99. The Morgan fingerprint density at radius 3 is 1.73 bits per heavy atom. The van der Waals surface area contributed by atoms with E-state index in [1.165, 1.54) is 68.6 Å². The minimum Gasteiger partial charge on any atom is -0.508 e. The zero-order valence-corrected chi connectivity index (χ0v) is 78.4. The van der Waals surface area contributed by atoms with Crippen molar-refractivity contribution >= 4 is 152 Å². The standard InChI is InChI=1S/C91H121N21O26S/c1-7-9-19-68-84(131)103-62(37-75(119)120)83(130)106-66(79(126)96-41-72(93)115)45-139-46-73(116)98-63(32-49-23-25-53(113)26-24-49)87(134)107(4)48(3)78(125)104-65(38-76(121)122)90(137)111-31-15-22-69(111)85(132)102-61(35-52-40-94-47-97-52)82(129)100-59(27-28-74(117)118)89(136)112-43-54(114)36-71(112)86(133)101-60(33-50-39-95-57-18-13-11-16-55(50)57)81(128)99-58(29-30-92)80(127)105-64(88(135)109(6)70(20-10-8-2)91(138)108(68)5)34-51-42-110(44-77(123)124)67-21-14-12-17-56(51)67/h11-14,16-18,21,23-26,39-40,42,47-48,54,58-66,68-71,95,113-114H,7-10,15,19-20,22,27-38,41,43-46,92H2,1-6H3,(H2,93,115)(H,94,97)(H,96,126)(H,98,116)(H,99,128)(H,100,129)(H,101,133)(H,102,132)(H,103,131)(H,104,125)(H,105,127)(H,106,130)(H,117,118)(H,119,120)(H,121,122)(H,123,124)/t48-,54+,58-,59-,60-,61-,62-,63-,64-,65+,66-,68-,69-,70-,71-/m0/s1. The molecule has 48 heteroatoms. The number of rotatable bonds is 28. The Balaban J connectivity index is 1.12. The SMILES string of the molecule is CCCC[C@H]1C(=O)N(C)[C@@H](CCCC)C(=O)N[C@@H](CC(=O)O)C(=O)N[C@H](C(=O)NCC(N)=O)CSCC(=O)N[C@@H](Cc2ccc(O)cc2)C(=O)N(C)[C@@H](C)C(=O)N[C@H](CC(=O)O)C(=O)N2CCC[C@H]2C(=O)N[C@@H](Cc2cnc[nH]2)C(=O)N[C@@H](CCC(=O)O)C(=O)N2C[C@H](O)C[C@H]2C(=O)N[C@@H](Cc2c[nH]c3ccccc23)C(=O)N[C@@H](CCN)C(=O)N[C@@H](Cc2cn(CC(=O)O)c3ccccc23)C(=O)N1C. The third-order valence-corrected chi connectivity index (χ3v) is 25.4. The van der Waals surface area contributed by atoms with Crippen molar-refractivity contribution < 1.29 is 127 Å². The van der Waals surface area contributed by atoms with E-state index in [0.717, 1.165) is 31.5 Å². The fraction of sp³-hybridized carbons (Fsp3) is 0.505. The highest BCUT2D eigenvalue weighted by atomic mass is 32.2. The van der Waals surface area contributed by atoms with Crippen molar-refractivity contribution in [2.24, 2.45) is 11.5 Å². The summed E-state index contributed by atoms with van der Waals surface area (Å²) in [5, 5.41) is 88.6. The molecule has 3 fully saturated rings. The number of nitrogens with two attached hydrogens (primary N) is 2. The van der Waals surface area contributed by atoms with Crippen LogP contribution < -0.4 is 64.6 Å². The fourth-order valence-corrected chi connectivity index (χ4v) is 17.7. The van der Waals surface area contributed by atoms with E-state index in [1.807, 2.05) is 0 Å². The van der Waals surface area contributed by atoms with Crippen molar-refractivity contribution in [1.82, 2.24) is 97.2 Å². The number of aliphatic hydroxyl groups is 1. The Morgan fingerprint density at radius 1 is 0.532 bits per heavy atom. The average Bonchev–Trinajstić information content (AvgIpc) is 1.66. The number of hydrogen-bond acceptors (Lipinski definition) is 25. The number of aromatic hydroxyl groups is 1. The maximum absolute atomic E-state index is 15.9. The van der Waals surface area contributed by atoms with Gasteiger partial charge >= 0.3 is 23.9 Å². The van der Waals surface area contributed by atoms with Crippen LogP contribution in [0.3, 0.4) is 0 Å². The second kappa shape index (κ2) is 51.0. The van der Waals surface area contributed by atoms with E-state index in [1.54, 1.807) is 68.6 Å². The van der Waals surface area contributed by atoms with Crippen molar-refractivity contribution in [3.63, 3.8) is 0 Å². The first-order valence-electron chi connectivity index (χ1n) is 45.5. The number of likely N-dealkylation sites (N-methyl/N-ethyl adjacent to an activating group) is 3. The van der Waals surface area contributed by atoms with Gasteiger partial charge in [0.15, 0.2) is 0 Å². The number of carboxylic acid groups (broad SMARTS) is 4. The van der Waals surface area contributed by atoms with Crippen LogP contribution in [0.1, 0.15) is 133 Å². The monoisotopic (exact) mass is 1960 g/mol. The van der Waals surface area contributed by atoms with Crippen LogP contribution in [0.25, 0.3) is 21.8 Å². The van der Waals surface area contributed by atoms with Gasteiger partial charge < -0.3 is 134 Å². The molecule has 139 heavy (non-hydrogen) atoms. The number of aliphatic hydroxyl groups excluding tert-OH is 1. The van der Waals surface area contributed by atoms with Gasteiger partial charge in [0.05, 0.1) is 37.6 Å². The number of benzene rings is 3. The van der Waals surface area contributed by atoms with Gasteiger partial charge in [0.25, 0.3) is 0 Å². The minimum absolute atomic E-state index is 0.0808. The van der Waals surface area contributed by atoms with Gasteiger partial charge in [0, 0.05) is 125 Å². The zero-order chi connectivity index (χ0) is 102. The van der Waals surface area contributed by atoms with Gasteiger partial charge in [0.1, 0.15) is 96.9 Å². The fourth-order valence-electron chi connectivity index (χ4n) is 16.9. The number of phenolic OH excluding ortho intramolecular Hbond substituents is 1. The van der Waals surface area contributed by atoms with Gasteiger partial charge in [-0.1, -0.05) is 88.1 Å². The van der Waals surface area contributed by atoms with Gasteiger partial charge in [-0.25, -0.2) is 4.98 Å². The smallest absolute Gasteiger partial charge is 0.323 e. The number of phenols is 1. The summed E-state index contributed by atoms with van der Waals surface area (Å²) in [5.74, 6) is -24.7. The predicted octanol–water partition coefficient (Wildman–Crippen LogP) is -3.38. The minimum atomic E-state index is -2.07. The summed E-state index contributed by atoms with van der Waals surface area (Å²) in [7, 11) is 3.61. The van der Waals surface area contributed by atoms with E-state index in [2.05, 4.69) is 68.1 Å². The third-order valence-electron chi connectivity index (χ3n) is 24.4. The summed E-state index contributed by atoms with van der Waals surface area (Å²) < 4.78 is 1.39. The number of nitrogens with zero attached hydrogens (tertiary/aromatic N) is 7. The number of aromatic nitrogens is 4. The quantitative estimate of drug-likeness (QED) is 0.0228. The van der Waals surface area contributed by atoms with E-state index < -0.39 is 285 Å². The van der Waals surface area contributed by atoms with Crippen LogP contribution in [0.4, 0.5) is 0 Å². The molecule has 0 unspecified atom stereocenters. The van der Waals surface area contributed by atoms with Gasteiger partial charge in [-0.15, -0.1) is 11.8 Å². The number of aromatic amines is 2. The predicted molar refractivity (Wildman–Crippen MR) is 497 cm³/mol. The number of carbonyl (C=O) groups is 20. The van der Waals surface area contributed by atoms with Crippen molar-refractivity contribution in [3.05, 3.63) is 120 Å². The highest BCUT2D eigenvalue weighted by Crippen LogP contribution is 2.29. The van der Waals surface area contributed by atoms with Gasteiger partial charge in [0.2, 0.25) is 94.5 Å². The summed E-state index contributed by atoms with van der Waals surface area (Å²) in [4.78, 5) is 302.